The van der Waals surface area contributed by atoms with Crippen LogP contribution in [0.4, 0.5) is 5.69 Å². The van der Waals surface area contributed by atoms with E-state index < -0.39 is 35.7 Å². The van der Waals surface area contributed by atoms with Gasteiger partial charge in [-0.2, -0.15) is 0 Å². The zero-order valence-corrected chi connectivity index (χ0v) is 33.7. The summed E-state index contributed by atoms with van der Waals surface area (Å²) in [5.41, 5.74) is 6.87. The normalized spacial score (nSPS) is 18.6. The molecule has 1 saturated heterocycles. The first kappa shape index (κ1) is 43.9. The molecule has 0 unspecified atom stereocenters. The van der Waals surface area contributed by atoms with Crippen LogP contribution in [-0.4, -0.2) is 135 Å². The third-order valence-electron chi connectivity index (χ3n) is 11.2. The van der Waals surface area contributed by atoms with Gasteiger partial charge < -0.3 is 35.2 Å². The molecule has 1 aliphatic rings. The molecule has 0 saturated carbocycles. The fraction of sp³-hybridized carbons (Fsp3) is 0.744. The van der Waals surface area contributed by atoms with Gasteiger partial charge in [-0.25, -0.2) is 0 Å². The molecule has 0 bridgehead atoms. The molecule has 290 valence electrons. The van der Waals surface area contributed by atoms with Gasteiger partial charge in [0.25, 0.3) is 0 Å². The maximum Gasteiger partial charge on any atom is 0.245 e. The van der Waals surface area contributed by atoms with Gasteiger partial charge in [-0.15, -0.1) is 0 Å². The van der Waals surface area contributed by atoms with Crippen molar-refractivity contribution in [2.75, 3.05) is 61.2 Å². The lowest BCUT2D eigenvalue weighted by molar-refractivity contribution is -0.149. The van der Waals surface area contributed by atoms with Crippen LogP contribution in [0.25, 0.3) is 0 Å². The lowest BCUT2D eigenvalue weighted by Crippen LogP contribution is -2.61. The smallest absolute Gasteiger partial charge is 0.245 e. The molecule has 51 heavy (non-hydrogen) atoms. The number of carbonyl (C=O) groups is 4. The predicted molar refractivity (Wildman–Crippen MR) is 203 cm³/mol. The van der Waals surface area contributed by atoms with Crippen molar-refractivity contribution < 1.29 is 28.7 Å². The van der Waals surface area contributed by atoms with Gasteiger partial charge in [-0.05, 0) is 76.7 Å². The van der Waals surface area contributed by atoms with Crippen molar-refractivity contribution in [1.82, 2.24) is 24.9 Å². The Balaban J connectivity index is 2.24. The van der Waals surface area contributed by atoms with Crippen LogP contribution in [0.1, 0.15) is 79.7 Å². The summed E-state index contributed by atoms with van der Waals surface area (Å²) < 4.78 is 12.0. The van der Waals surface area contributed by atoms with Gasteiger partial charge in [0.15, 0.2) is 0 Å². The van der Waals surface area contributed by atoms with Crippen LogP contribution in [0.15, 0.2) is 24.3 Å². The van der Waals surface area contributed by atoms with E-state index >= 15 is 0 Å². The molecule has 1 aliphatic heterocycles. The highest BCUT2D eigenvalue weighted by atomic mass is 16.5. The van der Waals surface area contributed by atoms with Gasteiger partial charge >= 0.3 is 0 Å². The number of amides is 4. The quantitative estimate of drug-likeness (QED) is 0.207. The van der Waals surface area contributed by atoms with E-state index in [2.05, 4.69) is 19.2 Å². The van der Waals surface area contributed by atoms with Crippen molar-refractivity contribution in [3.8, 4) is 0 Å². The molecule has 1 aromatic rings. The number of nitrogens with one attached hydrogen (secondary N) is 1. The monoisotopic (exact) mass is 717 g/mol. The van der Waals surface area contributed by atoms with Crippen LogP contribution in [0.3, 0.4) is 0 Å². The van der Waals surface area contributed by atoms with Crippen LogP contribution in [0, 0.1) is 17.8 Å². The first-order valence-corrected chi connectivity index (χ1v) is 18.5. The van der Waals surface area contributed by atoms with Crippen LogP contribution in [0.5, 0.6) is 0 Å². The molecule has 4 amide bonds. The van der Waals surface area contributed by atoms with Crippen LogP contribution in [0.2, 0.25) is 0 Å². The van der Waals surface area contributed by atoms with Crippen molar-refractivity contribution in [2.24, 2.45) is 17.8 Å². The van der Waals surface area contributed by atoms with E-state index in [1.54, 1.807) is 38.1 Å². The molecule has 0 aromatic heterocycles. The summed E-state index contributed by atoms with van der Waals surface area (Å²) in [5, 5.41) is 3.01. The minimum absolute atomic E-state index is 0.0000336. The van der Waals surface area contributed by atoms with Gasteiger partial charge in [0.05, 0.1) is 42.2 Å². The molecule has 1 fully saturated rings. The Bertz CT molecular complexity index is 1300. The average Bonchev–Trinajstić information content (AvgIpc) is 3.57. The second-order valence-corrected chi connectivity index (χ2v) is 15.5. The summed E-state index contributed by atoms with van der Waals surface area (Å²) in [6.07, 6.45) is 1.93. The fourth-order valence-corrected chi connectivity index (χ4v) is 7.05. The number of nitrogens with zero attached hydrogens (tertiary/aromatic N) is 4. The maximum absolute atomic E-state index is 14.1. The summed E-state index contributed by atoms with van der Waals surface area (Å²) in [4.78, 5) is 62.3. The minimum atomic E-state index is -0.815. The van der Waals surface area contributed by atoms with E-state index in [9.17, 15) is 19.2 Å². The third-order valence-corrected chi connectivity index (χ3v) is 11.2. The van der Waals surface area contributed by atoms with E-state index in [0.717, 1.165) is 24.8 Å². The Morgan fingerprint density at radius 1 is 1.02 bits per heavy atom. The van der Waals surface area contributed by atoms with E-state index in [0.29, 0.717) is 25.2 Å². The SMILES string of the molecule is CC[C@H](C)[C@@H]([C@@H](CC(=O)N1CCC[C@H]1[C@H](OC)[C@@H](C)C(=O)N(C)CCc1cccc(N)c1)OC)N(C)C(=O)[C@@H](NC(=O)C(C)(C)N(C)C)C(C)C. The van der Waals surface area contributed by atoms with E-state index in [-0.39, 0.29) is 47.9 Å². The van der Waals surface area contributed by atoms with E-state index in [1.165, 1.54) is 0 Å². The van der Waals surface area contributed by atoms with Crippen LogP contribution in [-0.2, 0) is 35.1 Å². The first-order valence-electron chi connectivity index (χ1n) is 18.5. The highest BCUT2D eigenvalue weighted by molar-refractivity contribution is 5.92. The number of anilines is 1. The van der Waals surface area contributed by atoms with Crippen molar-refractivity contribution in [3.63, 3.8) is 0 Å². The number of methoxy groups -OCH3 is 2. The Morgan fingerprint density at radius 3 is 2.20 bits per heavy atom. The van der Waals surface area contributed by atoms with Gasteiger partial charge in [0, 0.05) is 47.1 Å². The molecule has 1 aromatic carbocycles. The summed E-state index contributed by atoms with van der Waals surface area (Å²) in [6, 6.07) is 6.21. The lowest BCUT2D eigenvalue weighted by Gasteiger charge is -2.41. The molecule has 1 heterocycles. The summed E-state index contributed by atoms with van der Waals surface area (Å²) in [6.45, 7) is 14.5. The number of ether oxygens (including phenoxy) is 2. The number of benzene rings is 1. The molecule has 0 aliphatic carbocycles. The van der Waals surface area contributed by atoms with E-state index in [4.69, 9.17) is 15.2 Å². The number of likely N-dealkylation sites (N-methyl/N-ethyl adjacent to an activating group) is 3. The molecule has 0 spiro atoms. The summed E-state index contributed by atoms with van der Waals surface area (Å²) in [5.74, 6) is -1.25. The standard InChI is InChI=1S/C39H68N6O6/c1-14-26(4)34(44(11)37(48)33(25(2)3)41-38(49)39(6,7)42(8)9)31(50-12)24-32(46)45-21-16-19-30(45)35(51-13)27(5)36(47)43(10)22-20-28-17-15-18-29(40)23-28/h15,17-18,23,25-27,30-31,33-35H,14,16,19-22,24,40H2,1-13H3,(H,41,49)/t26-,27+,30-,31+,33-,34-,35+/m0/s1. The molecule has 3 N–H and O–H groups in total. The topological polar surface area (TPSA) is 138 Å². The van der Waals surface area contributed by atoms with Gasteiger partial charge in [0.1, 0.15) is 6.04 Å². The number of hydrogen-bond donors (Lipinski definition) is 2. The first-order chi connectivity index (χ1) is 23.8. The molecular formula is C39H68N6O6. The molecular weight excluding hydrogens is 648 g/mol. The number of rotatable bonds is 19. The number of likely N-dealkylation sites (tertiary alicyclic amines) is 1. The molecule has 0 radical (unpaired) electrons. The Labute approximate surface area is 307 Å². The van der Waals surface area contributed by atoms with Gasteiger partial charge in [0.2, 0.25) is 23.6 Å². The molecule has 7 atom stereocenters. The summed E-state index contributed by atoms with van der Waals surface area (Å²) in [7, 11) is 10.4. The van der Waals surface area contributed by atoms with E-state index in [1.807, 2.05) is 82.8 Å². The molecule has 2 rings (SSSR count). The average molecular weight is 717 g/mol. The van der Waals surface area contributed by atoms with Crippen molar-refractivity contribution in [1.29, 1.82) is 0 Å². The Hall–Kier alpha value is -3.22. The third kappa shape index (κ3) is 11.1. The number of nitrogens with two attached hydrogens (primary N) is 1. The van der Waals surface area contributed by atoms with Gasteiger partial charge in [-0.1, -0.05) is 53.2 Å². The van der Waals surface area contributed by atoms with Crippen LogP contribution >= 0.6 is 0 Å². The zero-order valence-electron chi connectivity index (χ0n) is 33.7. The van der Waals surface area contributed by atoms with Crippen LogP contribution < -0.4 is 11.1 Å². The zero-order chi connectivity index (χ0) is 38.8. The van der Waals surface area contributed by atoms with Crippen molar-refractivity contribution in [2.45, 2.75) is 116 Å². The number of nitrogen functional groups attached to an aromatic ring is 1. The predicted octanol–water partition coefficient (Wildman–Crippen LogP) is 3.67. The largest absolute Gasteiger partial charge is 0.399 e. The second-order valence-electron chi connectivity index (χ2n) is 15.5. The van der Waals surface area contributed by atoms with Gasteiger partial charge in [-0.3, -0.25) is 24.1 Å². The molecule has 12 nitrogen and oxygen atoms in total. The number of carbonyl (C=O) groups excluding carboxylic acids is 4. The summed E-state index contributed by atoms with van der Waals surface area (Å²) >= 11 is 0. The second kappa shape index (κ2) is 19.6. The Kier molecular flexibility index (Phi) is 16.9. The van der Waals surface area contributed by atoms with Crippen molar-refractivity contribution in [3.05, 3.63) is 29.8 Å². The lowest BCUT2D eigenvalue weighted by atomic mass is 9.89. The maximum atomic E-state index is 14.1. The van der Waals surface area contributed by atoms with Crippen molar-refractivity contribution >= 4 is 29.3 Å². The Morgan fingerprint density at radius 2 is 1.67 bits per heavy atom. The fourth-order valence-electron chi connectivity index (χ4n) is 7.05. The number of hydrogen-bond acceptors (Lipinski definition) is 8. The minimum Gasteiger partial charge on any atom is -0.399 e. The highest BCUT2D eigenvalue weighted by Crippen LogP contribution is 2.30. The highest BCUT2D eigenvalue weighted by Gasteiger charge is 2.43. The molecule has 12 heteroatoms.